The van der Waals surface area contributed by atoms with Crippen molar-refractivity contribution in [3.05, 3.63) is 28.8 Å². The van der Waals surface area contributed by atoms with Crippen molar-refractivity contribution in [2.75, 3.05) is 11.5 Å². The second-order valence-electron chi connectivity index (χ2n) is 3.73. The topological polar surface area (TPSA) is 105 Å². The standard InChI is InChI=1S/C10H8ClF3N6/c11-6-2-1-4(3-5(6)10(12,13)14)17-18-7-8(15)19-20-9(7)16/h1-3H,(H5,15,16,19,20). The first-order valence-electron chi connectivity index (χ1n) is 5.17. The highest BCUT2D eigenvalue weighted by atomic mass is 35.5. The zero-order chi connectivity index (χ0) is 14.9. The molecule has 2 rings (SSSR count). The molecule has 0 atom stereocenters. The molecule has 1 heterocycles. The van der Waals surface area contributed by atoms with Gasteiger partial charge < -0.3 is 11.5 Å². The Kier molecular flexibility index (Phi) is 3.53. The summed E-state index contributed by atoms with van der Waals surface area (Å²) in [6.07, 6.45) is -4.57. The Hall–Kier alpha value is -2.29. The van der Waals surface area contributed by atoms with E-state index in [2.05, 4.69) is 20.4 Å². The molecular weight excluding hydrogens is 297 g/mol. The maximum atomic E-state index is 12.7. The van der Waals surface area contributed by atoms with E-state index >= 15 is 0 Å². The number of aromatic nitrogens is 2. The number of halogens is 4. The largest absolute Gasteiger partial charge is 0.417 e. The number of benzene rings is 1. The zero-order valence-electron chi connectivity index (χ0n) is 9.74. The fraction of sp³-hybridized carbons (Fsp3) is 0.100. The third-order valence-corrected chi connectivity index (χ3v) is 2.64. The van der Waals surface area contributed by atoms with Gasteiger partial charge in [-0.2, -0.15) is 23.4 Å². The predicted molar refractivity (Wildman–Crippen MR) is 68.0 cm³/mol. The van der Waals surface area contributed by atoms with Gasteiger partial charge in [-0.1, -0.05) is 11.6 Å². The smallest absolute Gasteiger partial charge is 0.382 e. The number of nitrogens with two attached hydrogens (primary N) is 2. The fourth-order valence-corrected chi connectivity index (χ4v) is 1.59. The average Bonchev–Trinajstić information content (AvgIpc) is 2.67. The number of nitrogen functional groups attached to an aromatic ring is 2. The van der Waals surface area contributed by atoms with Crippen molar-refractivity contribution in [1.82, 2.24) is 10.2 Å². The molecule has 0 radical (unpaired) electrons. The lowest BCUT2D eigenvalue weighted by Crippen LogP contribution is -2.05. The van der Waals surface area contributed by atoms with E-state index in [0.717, 1.165) is 12.1 Å². The minimum atomic E-state index is -4.57. The van der Waals surface area contributed by atoms with Crippen LogP contribution in [0.5, 0.6) is 0 Å². The summed E-state index contributed by atoms with van der Waals surface area (Å²) in [4.78, 5) is 0. The number of H-pyrrole nitrogens is 1. The van der Waals surface area contributed by atoms with E-state index in [4.69, 9.17) is 23.1 Å². The fourth-order valence-electron chi connectivity index (χ4n) is 1.37. The summed E-state index contributed by atoms with van der Waals surface area (Å²) in [6.45, 7) is 0. The summed E-state index contributed by atoms with van der Waals surface area (Å²) >= 11 is 5.48. The van der Waals surface area contributed by atoms with Crippen LogP contribution >= 0.6 is 11.6 Å². The summed E-state index contributed by atoms with van der Waals surface area (Å²) < 4.78 is 38.0. The summed E-state index contributed by atoms with van der Waals surface area (Å²) in [6, 6.07) is 3.15. The highest BCUT2D eigenvalue weighted by molar-refractivity contribution is 6.31. The number of hydrogen-bond acceptors (Lipinski definition) is 5. The summed E-state index contributed by atoms with van der Waals surface area (Å²) in [5, 5.41) is 12.8. The highest BCUT2D eigenvalue weighted by Crippen LogP contribution is 2.37. The SMILES string of the molecule is Nc1n[nH]c(N)c1N=Nc1ccc(Cl)c(C(F)(F)F)c1. The number of nitrogens with zero attached hydrogens (tertiary/aromatic N) is 3. The molecule has 10 heteroatoms. The van der Waals surface area contributed by atoms with Crippen LogP contribution in [0.1, 0.15) is 5.56 Å². The van der Waals surface area contributed by atoms with Crippen molar-refractivity contribution in [2.24, 2.45) is 10.2 Å². The molecule has 20 heavy (non-hydrogen) atoms. The molecule has 0 aliphatic carbocycles. The molecule has 0 unspecified atom stereocenters. The van der Waals surface area contributed by atoms with Crippen LogP contribution in [0.4, 0.5) is 36.2 Å². The van der Waals surface area contributed by atoms with Crippen LogP contribution in [-0.2, 0) is 6.18 Å². The van der Waals surface area contributed by atoms with Gasteiger partial charge in [0.1, 0.15) is 5.82 Å². The molecule has 1 aromatic heterocycles. The highest BCUT2D eigenvalue weighted by Gasteiger charge is 2.33. The van der Waals surface area contributed by atoms with Gasteiger partial charge in [0.05, 0.1) is 16.3 Å². The van der Waals surface area contributed by atoms with E-state index in [-0.39, 0.29) is 23.0 Å². The first-order chi connectivity index (χ1) is 9.29. The Labute approximate surface area is 115 Å². The molecule has 5 N–H and O–H groups in total. The van der Waals surface area contributed by atoms with E-state index in [1.165, 1.54) is 6.07 Å². The molecule has 0 amide bonds. The monoisotopic (exact) mass is 304 g/mol. The summed E-state index contributed by atoms with van der Waals surface area (Å²) in [5.41, 5.74) is 9.95. The molecule has 1 aromatic carbocycles. The lowest BCUT2D eigenvalue weighted by molar-refractivity contribution is -0.137. The van der Waals surface area contributed by atoms with Gasteiger partial charge in [-0.05, 0) is 18.2 Å². The van der Waals surface area contributed by atoms with Crippen molar-refractivity contribution >= 4 is 34.6 Å². The van der Waals surface area contributed by atoms with Crippen molar-refractivity contribution in [3.8, 4) is 0 Å². The molecule has 6 nitrogen and oxygen atoms in total. The molecule has 0 aliphatic rings. The third kappa shape index (κ3) is 2.82. The van der Waals surface area contributed by atoms with Gasteiger partial charge in [-0.25, -0.2) is 0 Å². The van der Waals surface area contributed by atoms with Crippen molar-refractivity contribution in [2.45, 2.75) is 6.18 Å². The van der Waals surface area contributed by atoms with Crippen molar-refractivity contribution in [1.29, 1.82) is 0 Å². The van der Waals surface area contributed by atoms with Gasteiger partial charge in [0.2, 0.25) is 0 Å². The number of aromatic amines is 1. The van der Waals surface area contributed by atoms with Crippen LogP contribution in [0.2, 0.25) is 5.02 Å². The summed E-state index contributed by atoms with van der Waals surface area (Å²) in [7, 11) is 0. The quantitative estimate of drug-likeness (QED) is 0.737. The van der Waals surface area contributed by atoms with Crippen molar-refractivity contribution < 1.29 is 13.2 Å². The molecule has 0 saturated heterocycles. The Morgan fingerprint density at radius 1 is 1.20 bits per heavy atom. The van der Waals surface area contributed by atoms with Gasteiger partial charge in [0, 0.05) is 0 Å². The number of alkyl halides is 3. The Balaban J connectivity index is 2.36. The van der Waals surface area contributed by atoms with Gasteiger partial charge >= 0.3 is 6.18 Å². The number of nitrogens with one attached hydrogen (secondary N) is 1. The first-order valence-corrected chi connectivity index (χ1v) is 5.54. The minimum Gasteiger partial charge on any atom is -0.382 e. The lowest BCUT2D eigenvalue weighted by Gasteiger charge is -2.08. The molecule has 106 valence electrons. The summed E-state index contributed by atoms with van der Waals surface area (Å²) in [5.74, 6) is 0.0625. The van der Waals surface area contributed by atoms with E-state index in [9.17, 15) is 13.2 Å². The van der Waals surface area contributed by atoms with E-state index in [1.54, 1.807) is 0 Å². The van der Waals surface area contributed by atoms with E-state index < -0.39 is 16.8 Å². The molecule has 0 fully saturated rings. The minimum absolute atomic E-state index is 0.00346. The number of hydrogen-bond donors (Lipinski definition) is 3. The third-order valence-electron chi connectivity index (χ3n) is 2.32. The van der Waals surface area contributed by atoms with Gasteiger partial charge in [0.25, 0.3) is 0 Å². The van der Waals surface area contributed by atoms with Gasteiger partial charge in [0.15, 0.2) is 11.5 Å². The molecule has 0 spiro atoms. The lowest BCUT2D eigenvalue weighted by atomic mass is 10.2. The van der Waals surface area contributed by atoms with Crippen LogP contribution in [-0.4, -0.2) is 10.2 Å². The second-order valence-corrected chi connectivity index (χ2v) is 4.14. The number of rotatable bonds is 2. The second kappa shape index (κ2) is 5.00. The molecule has 2 aromatic rings. The number of anilines is 2. The Morgan fingerprint density at radius 3 is 2.45 bits per heavy atom. The Bertz CT molecular complexity index is 644. The molecule has 0 bridgehead atoms. The molecular formula is C10H8ClF3N6. The van der Waals surface area contributed by atoms with Crippen LogP contribution < -0.4 is 11.5 Å². The normalized spacial score (nSPS) is 12.2. The predicted octanol–water partition coefficient (Wildman–Crippen LogP) is 3.66. The average molecular weight is 305 g/mol. The van der Waals surface area contributed by atoms with Crippen LogP contribution in [0.3, 0.4) is 0 Å². The van der Waals surface area contributed by atoms with Gasteiger partial charge in [-0.15, -0.1) is 5.11 Å². The van der Waals surface area contributed by atoms with Crippen LogP contribution in [0, 0.1) is 0 Å². The van der Waals surface area contributed by atoms with Crippen LogP contribution in [0.25, 0.3) is 0 Å². The maximum Gasteiger partial charge on any atom is 0.417 e. The maximum absolute atomic E-state index is 12.7. The zero-order valence-corrected chi connectivity index (χ0v) is 10.5. The Morgan fingerprint density at radius 2 is 1.90 bits per heavy atom. The van der Waals surface area contributed by atoms with Crippen LogP contribution in [0.15, 0.2) is 28.4 Å². The number of azo groups is 1. The van der Waals surface area contributed by atoms with Crippen molar-refractivity contribution in [3.63, 3.8) is 0 Å². The first kappa shape index (κ1) is 14.1. The van der Waals surface area contributed by atoms with E-state index in [1.807, 2.05) is 0 Å². The van der Waals surface area contributed by atoms with Gasteiger partial charge in [-0.3, -0.25) is 5.10 Å². The molecule has 0 aliphatic heterocycles. The molecule has 0 saturated carbocycles. The van der Waals surface area contributed by atoms with E-state index in [0.29, 0.717) is 0 Å².